The Balaban J connectivity index is 1.42. The van der Waals surface area contributed by atoms with Crippen molar-refractivity contribution in [1.29, 1.82) is 0 Å². The Morgan fingerprint density at radius 3 is 2.36 bits per heavy atom. The third-order valence-electron chi connectivity index (χ3n) is 5.66. The number of hydrogen-bond acceptors (Lipinski definition) is 2. The van der Waals surface area contributed by atoms with Crippen molar-refractivity contribution < 1.29 is 9.59 Å². The minimum absolute atomic E-state index is 0.0412. The average Bonchev–Trinajstić information content (AvgIpc) is 2.68. The number of piperidine rings is 2. The van der Waals surface area contributed by atoms with Crippen LogP contribution in [0.5, 0.6) is 0 Å². The number of halogens is 1. The maximum Gasteiger partial charge on any atom is 0.322 e. The van der Waals surface area contributed by atoms with E-state index in [2.05, 4.69) is 10.6 Å². The fourth-order valence-corrected chi connectivity index (χ4v) is 4.63. The molecule has 2 N–H and O–H groups in total. The quantitative estimate of drug-likeness (QED) is 0.789. The van der Waals surface area contributed by atoms with E-state index in [-0.39, 0.29) is 30.1 Å². The number of amides is 3. The minimum atomic E-state index is -0.0789. The van der Waals surface area contributed by atoms with Gasteiger partial charge in [-0.1, -0.05) is 35.9 Å². The van der Waals surface area contributed by atoms with Crippen molar-refractivity contribution in [3.8, 4) is 0 Å². The van der Waals surface area contributed by atoms with Crippen molar-refractivity contribution in [3.05, 3.63) is 65.2 Å². The lowest BCUT2D eigenvalue weighted by molar-refractivity contribution is 0.0577. The van der Waals surface area contributed by atoms with Gasteiger partial charge in [0.2, 0.25) is 0 Å². The normalized spacial score (nSPS) is 23.8. The second-order valence-corrected chi connectivity index (χ2v) is 8.03. The standard InChI is InChI=1S/C22H24ClN3O2/c23-16-8-4-9-17(12-16)25-22(28)26-19-10-5-11-20(26)14-18(13-19)24-21(27)15-6-2-1-3-7-15/h1-4,6-9,12,18-20H,5,10-11,13-14H2,(H,24,27)(H,25,28). The summed E-state index contributed by atoms with van der Waals surface area (Å²) in [4.78, 5) is 27.4. The van der Waals surface area contributed by atoms with Gasteiger partial charge in [0.15, 0.2) is 0 Å². The molecule has 0 aliphatic carbocycles. The highest BCUT2D eigenvalue weighted by atomic mass is 35.5. The topological polar surface area (TPSA) is 61.4 Å². The van der Waals surface area contributed by atoms with Crippen LogP contribution in [0.1, 0.15) is 42.5 Å². The average molecular weight is 398 g/mol. The number of carbonyl (C=O) groups is 2. The van der Waals surface area contributed by atoms with E-state index >= 15 is 0 Å². The Bertz CT molecular complexity index is 844. The van der Waals surface area contributed by atoms with Gasteiger partial charge in [0.05, 0.1) is 0 Å². The van der Waals surface area contributed by atoms with Gasteiger partial charge in [-0.2, -0.15) is 0 Å². The van der Waals surface area contributed by atoms with Gasteiger partial charge >= 0.3 is 6.03 Å². The van der Waals surface area contributed by atoms with Gasteiger partial charge in [0, 0.05) is 34.4 Å². The summed E-state index contributed by atoms with van der Waals surface area (Å²) in [5, 5.41) is 6.74. The van der Waals surface area contributed by atoms with Crippen LogP contribution in [0.25, 0.3) is 0 Å². The second kappa shape index (κ2) is 8.23. The van der Waals surface area contributed by atoms with E-state index < -0.39 is 0 Å². The summed E-state index contributed by atoms with van der Waals surface area (Å²) in [5.41, 5.74) is 1.38. The lowest BCUT2D eigenvalue weighted by Gasteiger charge is -2.48. The van der Waals surface area contributed by atoms with Crippen LogP contribution >= 0.6 is 11.6 Å². The molecule has 0 saturated carbocycles. The summed E-state index contributed by atoms with van der Waals surface area (Å²) in [6.45, 7) is 0. The molecule has 0 spiro atoms. The highest BCUT2D eigenvalue weighted by Crippen LogP contribution is 2.34. The smallest absolute Gasteiger partial charge is 0.322 e. The van der Waals surface area contributed by atoms with E-state index in [1.54, 1.807) is 12.1 Å². The van der Waals surface area contributed by atoms with E-state index in [1.165, 1.54) is 0 Å². The van der Waals surface area contributed by atoms with Crippen molar-refractivity contribution >= 4 is 29.2 Å². The van der Waals surface area contributed by atoms with Crippen molar-refractivity contribution in [1.82, 2.24) is 10.2 Å². The number of benzene rings is 2. The molecule has 0 radical (unpaired) electrons. The number of fused-ring (bicyclic) bond motifs is 2. The maximum atomic E-state index is 12.9. The molecule has 6 heteroatoms. The van der Waals surface area contributed by atoms with Crippen molar-refractivity contribution in [2.24, 2.45) is 0 Å². The molecule has 2 aliphatic heterocycles. The highest BCUT2D eigenvalue weighted by Gasteiger charge is 2.41. The molecule has 2 aromatic carbocycles. The predicted octanol–water partition coefficient (Wildman–Crippen LogP) is 4.69. The molecular weight excluding hydrogens is 374 g/mol. The van der Waals surface area contributed by atoms with Gasteiger partial charge in [-0.15, -0.1) is 0 Å². The number of anilines is 1. The molecule has 5 nitrogen and oxygen atoms in total. The number of nitrogens with zero attached hydrogens (tertiary/aromatic N) is 1. The summed E-state index contributed by atoms with van der Waals surface area (Å²) >= 11 is 6.02. The van der Waals surface area contributed by atoms with Crippen LogP contribution in [-0.2, 0) is 0 Å². The first-order chi connectivity index (χ1) is 13.6. The summed E-state index contributed by atoms with van der Waals surface area (Å²) in [6, 6.07) is 16.8. The minimum Gasteiger partial charge on any atom is -0.349 e. The Hall–Kier alpha value is -2.53. The van der Waals surface area contributed by atoms with Gasteiger partial charge < -0.3 is 15.5 Å². The third kappa shape index (κ3) is 4.14. The first-order valence-corrected chi connectivity index (χ1v) is 10.2. The summed E-state index contributed by atoms with van der Waals surface area (Å²) in [6.07, 6.45) is 4.64. The zero-order valence-electron chi connectivity index (χ0n) is 15.6. The molecule has 0 aromatic heterocycles. The molecule has 4 rings (SSSR count). The summed E-state index contributed by atoms with van der Waals surface area (Å²) < 4.78 is 0. The molecule has 2 aliphatic rings. The summed E-state index contributed by atoms with van der Waals surface area (Å²) in [7, 11) is 0. The molecule has 2 atom stereocenters. The number of nitrogens with one attached hydrogen (secondary N) is 2. The molecule has 2 saturated heterocycles. The SMILES string of the molecule is O=C(NC1CC2CCCC(C1)N2C(=O)Nc1cccc(Cl)c1)c1ccccc1. The Labute approximate surface area is 170 Å². The Morgan fingerprint density at radius 2 is 1.68 bits per heavy atom. The maximum absolute atomic E-state index is 12.9. The van der Waals surface area contributed by atoms with Gasteiger partial charge in [-0.05, 0) is 62.4 Å². The van der Waals surface area contributed by atoms with Crippen LogP contribution in [0.15, 0.2) is 54.6 Å². The van der Waals surface area contributed by atoms with Crippen LogP contribution < -0.4 is 10.6 Å². The Morgan fingerprint density at radius 1 is 0.964 bits per heavy atom. The molecule has 146 valence electrons. The molecule has 2 fully saturated rings. The monoisotopic (exact) mass is 397 g/mol. The molecular formula is C22H24ClN3O2. The number of urea groups is 1. The highest BCUT2D eigenvalue weighted by molar-refractivity contribution is 6.30. The molecule has 2 unspecified atom stereocenters. The molecule has 3 amide bonds. The van der Waals surface area contributed by atoms with E-state index in [0.717, 1.165) is 32.1 Å². The van der Waals surface area contributed by atoms with E-state index in [9.17, 15) is 9.59 Å². The lowest BCUT2D eigenvalue weighted by atomic mass is 9.82. The zero-order valence-corrected chi connectivity index (χ0v) is 16.4. The van der Waals surface area contributed by atoms with E-state index in [4.69, 9.17) is 11.6 Å². The number of carbonyl (C=O) groups excluding carboxylic acids is 2. The number of rotatable bonds is 3. The van der Waals surface area contributed by atoms with Gasteiger partial charge in [0.1, 0.15) is 0 Å². The predicted molar refractivity (Wildman–Crippen MR) is 111 cm³/mol. The zero-order chi connectivity index (χ0) is 19.5. The van der Waals surface area contributed by atoms with Gasteiger partial charge in [0.25, 0.3) is 5.91 Å². The lowest BCUT2D eigenvalue weighted by Crippen LogP contribution is -2.59. The molecule has 2 heterocycles. The van der Waals surface area contributed by atoms with Gasteiger partial charge in [-0.3, -0.25) is 4.79 Å². The van der Waals surface area contributed by atoms with Crippen molar-refractivity contribution in [2.75, 3.05) is 5.32 Å². The van der Waals surface area contributed by atoms with Crippen molar-refractivity contribution in [2.45, 2.75) is 50.2 Å². The first kappa shape index (κ1) is 18.8. The molecule has 2 bridgehead atoms. The molecule has 28 heavy (non-hydrogen) atoms. The van der Waals surface area contributed by atoms with Gasteiger partial charge in [-0.25, -0.2) is 4.79 Å². The first-order valence-electron chi connectivity index (χ1n) is 9.81. The van der Waals surface area contributed by atoms with Crippen LogP contribution in [-0.4, -0.2) is 35.0 Å². The van der Waals surface area contributed by atoms with E-state index in [0.29, 0.717) is 16.3 Å². The fraction of sp³-hybridized carbons (Fsp3) is 0.364. The van der Waals surface area contributed by atoms with Crippen LogP contribution in [0, 0.1) is 0 Å². The fourth-order valence-electron chi connectivity index (χ4n) is 4.44. The van der Waals surface area contributed by atoms with Crippen LogP contribution in [0.4, 0.5) is 10.5 Å². The summed E-state index contributed by atoms with van der Waals surface area (Å²) in [5.74, 6) is -0.0412. The molecule has 2 aromatic rings. The van der Waals surface area contributed by atoms with Crippen LogP contribution in [0.2, 0.25) is 5.02 Å². The number of hydrogen-bond donors (Lipinski definition) is 2. The second-order valence-electron chi connectivity index (χ2n) is 7.59. The van der Waals surface area contributed by atoms with Crippen molar-refractivity contribution in [3.63, 3.8) is 0 Å². The van der Waals surface area contributed by atoms with E-state index in [1.807, 2.05) is 47.4 Å². The largest absolute Gasteiger partial charge is 0.349 e. The Kier molecular flexibility index (Phi) is 5.53. The third-order valence-corrected chi connectivity index (χ3v) is 5.89. The van der Waals surface area contributed by atoms with Crippen LogP contribution in [0.3, 0.4) is 0 Å².